The number of rotatable bonds is 27. The van der Waals surface area contributed by atoms with Gasteiger partial charge in [-0.05, 0) is 30.7 Å². The van der Waals surface area contributed by atoms with E-state index in [1.165, 1.54) is 25.0 Å². The number of aliphatic carboxylic acids is 1. The van der Waals surface area contributed by atoms with E-state index < -0.39 is 96.9 Å². The van der Waals surface area contributed by atoms with Gasteiger partial charge >= 0.3 is 5.97 Å². The van der Waals surface area contributed by atoms with Gasteiger partial charge in [0.15, 0.2) is 5.96 Å². The van der Waals surface area contributed by atoms with Gasteiger partial charge in [-0.15, -0.1) is 0 Å². The van der Waals surface area contributed by atoms with Crippen LogP contribution in [0.15, 0.2) is 60.4 Å². The molecule has 0 saturated heterocycles. The smallest absolute Gasteiger partial charge is 0.326 e. The van der Waals surface area contributed by atoms with Crippen molar-refractivity contribution < 1.29 is 48.9 Å². The van der Waals surface area contributed by atoms with E-state index in [1.807, 2.05) is 0 Å². The van der Waals surface area contributed by atoms with E-state index in [4.69, 9.17) is 17.2 Å². The quantitative estimate of drug-likeness (QED) is 0.0195. The fourth-order valence-corrected chi connectivity index (χ4v) is 6.09. The van der Waals surface area contributed by atoms with Crippen molar-refractivity contribution in [2.75, 3.05) is 19.8 Å². The molecule has 0 fully saturated rings. The maximum Gasteiger partial charge on any atom is 0.326 e. The summed E-state index contributed by atoms with van der Waals surface area (Å²) >= 11 is 0. The van der Waals surface area contributed by atoms with E-state index in [0.29, 0.717) is 17.0 Å². The van der Waals surface area contributed by atoms with Gasteiger partial charge in [0, 0.05) is 49.6 Å². The molecular formula is C39H58N14O10. The van der Waals surface area contributed by atoms with Crippen LogP contribution in [0.25, 0.3) is 0 Å². The van der Waals surface area contributed by atoms with Gasteiger partial charge in [0.05, 0.1) is 25.9 Å². The Morgan fingerprint density at radius 1 is 0.651 bits per heavy atom. The van der Waals surface area contributed by atoms with Crippen LogP contribution in [0.1, 0.15) is 50.1 Å². The molecule has 0 aliphatic carbocycles. The van der Waals surface area contributed by atoms with E-state index >= 15 is 0 Å². The molecule has 2 aromatic heterocycles. The first-order chi connectivity index (χ1) is 30.0. The maximum absolute atomic E-state index is 14.0. The molecule has 3 rings (SSSR count). The summed E-state index contributed by atoms with van der Waals surface area (Å²) in [5.41, 5.74) is 17.8. The number of carboxylic acid groups (broad SMARTS) is 1. The molecule has 1 aromatic carbocycles. The fraction of sp³-hybridized carbons (Fsp3) is 0.487. The van der Waals surface area contributed by atoms with Gasteiger partial charge in [-0.3, -0.25) is 33.8 Å². The number of nitrogens with two attached hydrogens (primary N) is 3. The zero-order valence-corrected chi connectivity index (χ0v) is 35.0. The number of aromatic amines is 2. The van der Waals surface area contributed by atoms with Crippen LogP contribution < -0.4 is 49.1 Å². The summed E-state index contributed by atoms with van der Waals surface area (Å²) in [6.07, 6.45) is 5.37. The average molecular weight is 883 g/mol. The first-order valence-electron chi connectivity index (χ1n) is 20.1. The number of nitrogens with one attached hydrogen (secondary N) is 8. The van der Waals surface area contributed by atoms with Gasteiger partial charge in [-0.1, -0.05) is 44.2 Å². The van der Waals surface area contributed by atoms with Crippen molar-refractivity contribution in [3.63, 3.8) is 0 Å². The van der Waals surface area contributed by atoms with E-state index in [9.17, 15) is 48.9 Å². The first-order valence-corrected chi connectivity index (χ1v) is 20.1. The highest BCUT2D eigenvalue weighted by Gasteiger charge is 2.34. The Kier molecular flexibility index (Phi) is 20.6. The highest BCUT2D eigenvalue weighted by Crippen LogP contribution is 2.10. The summed E-state index contributed by atoms with van der Waals surface area (Å²) in [6.45, 7) is 2.02. The first kappa shape index (κ1) is 50.4. The Hall–Kier alpha value is -6.92. The number of hydrogen-bond donors (Lipinski definition) is 14. The third kappa shape index (κ3) is 17.5. The van der Waals surface area contributed by atoms with Crippen LogP contribution in [0, 0.1) is 5.92 Å². The molecule has 344 valence electrons. The molecule has 17 N–H and O–H groups in total. The number of H-pyrrole nitrogens is 2. The van der Waals surface area contributed by atoms with Gasteiger partial charge in [0.25, 0.3) is 0 Å². The molecule has 3 aromatic rings. The summed E-state index contributed by atoms with van der Waals surface area (Å²) in [5, 5.41) is 44.6. The van der Waals surface area contributed by atoms with Gasteiger partial charge in [-0.25, -0.2) is 14.8 Å². The van der Waals surface area contributed by atoms with Crippen molar-refractivity contribution in [3.05, 3.63) is 72.3 Å². The number of aliphatic hydroxyl groups excluding tert-OH is 2. The molecule has 0 aliphatic rings. The maximum atomic E-state index is 14.0. The Balaban J connectivity index is 1.83. The summed E-state index contributed by atoms with van der Waals surface area (Å²) in [5.74, 6) is -6.94. The third-order valence-corrected chi connectivity index (χ3v) is 9.39. The second-order valence-electron chi connectivity index (χ2n) is 15.0. The van der Waals surface area contributed by atoms with Crippen molar-refractivity contribution in [2.24, 2.45) is 28.1 Å². The topological polar surface area (TPSA) is 400 Å². The lowest BCUT2D eigenvalue weighted by Gasteiger charge is -2.27. The Labute approximate surface area is 362 Å². The molecule has 0 bridgehead atoms. The van der Waals surface area contributed by atoms with Gasteiger partial charge in [0.1, 0.15) is 42.3 Å². The monoisotopic (exact) mass is 882 g/mol. The number of aliphatic imine (C=N–C) groups is 1. The van der Waals surface area contributed by atoms with E-state index in [-0.39, 0.29) is 56.9 Å². The SMILES string of the molecule is CC(C)C[C@H](NC(=O)[C@H](Cc1cnc[nH]1)NC(=O)[C@H](CO)NC(=O)[C@H](Cc1ccccc1)NC(=O)[C@H](Cc1cnc[nH]1)NC(=O)[C@@H](N)CO)C(=O)N[C@@H](CCCN=C(N)N)C(=O)O. The van der Waals surface area contributed by atoms with Crippen LogP contribution >= 0.6 is 0 Å². The number of benzene rings is 1. The van der Waals surface area contributed by atoms with Crippen LogP contribution in [0.3, 0.4) is 0 Å². The number of carboxylic acids is 1. The number of aromatic nitrogens is 4. The zero-order chi connectivity index (χ0) is 46.5. The lowest BCUT2D eigenvalue weighted by Crippen LogP contribution is -2.61. The number of amides is 6. The van der Waals surface area contributed by atoms with Crippen molar-refractivity contribution in [3.8, 4) is 0 Å². The summed E-state index contributed by atoms with van der Waals surface area (Å²) in [6, 6.07) is -1.24. The normalized spacial score (nSPS) is 14.4. The molecule has 63 heavy (non-hydrogen) atoms. The van der Waals surface area contributed by atoms with E-state index in [2.05, 4.69) is 56.8 Å². The molecule has 7 atom stereocenters. The largest absolute Gasteiger partial charge is 0.480 e. The predicted octanol–water partition coefficient (Wildman–Crippen LogP) is -4.43. The number of nitrogens with zero attached hydrogens (tertiary/aromatic N) is 3. The van der Waals surface area contributed by atoms with E-state index in [1.54, 1.807) is 44.2 Å². The second-order valence-corrected chi connectivity index (χ2v) is 15.0. The lowest BCUT2D eigenvalue weighted by atomic mass is 10.0. The molecule has 0 spiro atoms. The predicted molar refractivity (Wildman–Crippen MR) is 225 cm³/mol. The van der Waals surface area contributed by atoms with Crippen LogP contribution in [0.5, 0.6) is 0 Å². The highest BCUT2D eigenvalue weighted by molar-refractivity contribution is 5.97. The van der Waals surface area contributed by atoms with Gasteiger partial charge < -0.3 is 74.4 Å². The van der Waals surface area contributed by atoms with Crippen LogP contribution in [0.2, 0.25) is 0 Å². The summed E-state index contributed by atoms with van der Waals surface area (Å²) < 4.78 is 0. The van der Waals surface area contributed by atoms with Crippen molar-refractivity contribution in [1.29, 1.82) is 0 Å². The molecular weight excluding hydrogens is 825 g/mol. The van der Waals surface area contributed by atoms with E-state index in [0.717, 1.165) is 0 Å². The molecule has 0 aliphatic heterocycles. The van der Waals surface area contributed by atoms with Crippen LogP contribution in [-0.2, 0) is 52.8 Å². The average Bonchev–Trinajstić information content (AvgIpc) is 3.97. The van der Waals surface area contributed by atoms with Crippen LogP contribution in [-0.4, -0.2) is 145 Å². The molecule has 0 saturated carbocycles. The number of carbonyl (C=O) groups is 7. The number of aliphatic hydroxyl groups is 2. The third-order valence-electron chi connectivity index (χ3n) is 9.39. The van der Waals surface area contributed by atoms with Gasteiger partial charge in [-0.2, -0.15) is 0 Å². The standard InChI is InChI=1S/C39H58N14O10/c1-21(2)11-27(33(57)48-26(38(62)63)9-6-10-45-39(41)42)50-36(60)30(14-24-16-44-20-47-24)52-37(61)31(18-55)53-34(58)28(12-22-7-4-3-5-8-22)51-35(59)29(13-23-15-43-19-46-23)49-32(56)25(40)17-54/h3-5,7-8,15-16,19-21,25-31,54-55H,6,9-14,17-18,40H2,1-2H3,(H,43,46)(H,44,47)(H,48,57)(H,49,56)(H,50,60)(H,51,59)(H,52,61)(H,53,58)(H,62,63)(H4,41,42,45)/t25-,26-,27-,28-,29-,30-,31-/m0/s1. The molecule has 0 unspecified atom stereocenters. The zero-order valence-electron chi connectivity index (χ0n) is 35.0. The minimum atomic E-state index is -1.68. The van der Waals surface area contributed by atoms with Crippen molar-refractivity contribution in [2.45, 2.75) is 94.7 Å². The Morgan fingerprint density at radius 3 is 1.57 bits per heavy atom. The Bertz CT molecular complexity index is 1960. The summed E-state index contributed by atoms with van der Waals surface area (Å²) in [7, 11) is 0. The molecule has 2 heterocycles. The van der Waals surface area contributed by atoms with Crippen molar-refractivity contribution in [1.82, 2.24) is 51.8 Å². The molecule has 0 radical (unpaired) electrons. The number of guanidine groups is 1. The fourth-order valence-electron chi connectivity index (χ4n) is 6.09. The number of carbonyl (C=O) groups excluding carboxylic acids is 6. The second kappa shape index (κ2) is 25.8. The van der Waals surface area contributed by atoms with Crippen molar-refractivity contribution >= 4 is 47.4 Å². The Morgan fingerprint density at radius 2 is 1.11 bits per heavy atom. The molecule has 24 nitrogen and oxygen atoms in total. The minimum absolute atomic E-state index is 0.0233. The minimum Gasteiger partial charge on any atom is -0.480 e. The summed E-state index contributed by atoms with van der Waals surface area (Å²) in [4.78, 5) is 111. The molecule has 24 heteroatoms. The van der Waals surface area contributed by atoms with Gasteiger partial charge in [0.2, 0.25) is 35.4 Å². The number of hydrogen-bond acceptors (Lipinski definition) is 13. The lowest BCUT2D eigenvalue weighted by molar-refractivity contribution is -0.142. The number of imidazole rings is 2. The highest BCUT2D eigenvalue weighted by atomic mass is 16.4. The van der Waals surface area contributed by atoms with Crippen LogP contribution in [0.4, 0.5) is 0 Å². The molecule has 6 amide bonds.